The first-order valence-electron chi connectivity index (χ1n) is 10.5. The number of anilines is 1. The zero-order chi connectivity index (χ0) is 22.0. The quantitative estimate of drug-likeness (QED) is 0.612. The highest BCUT2D eigenvalue weighted by molar-refractivity contribution is 6.04. The minimum atomic E-state index is -0.384. The molecule has 5 nitrogen and oxygen atoms in total. The third-order valence-corrected chi connectivity index (χ3v) is 5.31. The average molecular weight is 420 g/mol. The SMILES string of the molecule is CC(C)CC(=O)N1CCc2oc(-c3cccc(NC(=O)c4ccc(F)cc4)c3)cc2C1. The largest absolute Gasteiger partial charge is 0.461 e. The van der Waals surface area contributed by atoms with Crippen molar-refractivity contribution < 1.29 is 18.4 Å². The van der Waals surface area contributed by atoms with E-state index in [0.717, 1.165) is 16.9 Å². The Bertz CT molecular complexity index is 1100. The molecule has 0 unspecified atom stereocenters. The van der Waals surface area contributed by atoms with Gasteiger partial charge in [-0.05, 0) is 48.4 Å². The van der Waals surface area contributed by atoms with Gasteiger partial charge in [0.1, 0.15) is 17.3 Å². The third kappa shape index (κ3) is 4.85. The number of carbonyl (C=O) groups is 2. The first kappa shape index (κ1) is 20.8. The van der Waals surface area contributed by atoms with E-state index in [-0.39, 0.29) is 17.6 Å². The van der Waals surface area contributed by atoms with E-state index in [2.05, 4.69) is 5.32 Å². The fourth-order valence-corrected chi connectivity index (χ4v) is 3.72. The maximum Gasteiger partial charge on any atom is 0.255 e. The van der Waals surface area contributed by atoms with Gasteiger partial charge in [0, 0.05) is 48.3 Å². The molecule has 0 fully saturated rings. The molecule has 0 saturated heterocycles. The molecule has 1 aliphatic rings. The lowest BCUT2D eigenvalue weighted by atomic mass is 10.0. The van der Waals surface area contributed by atoms with Gasteiger partial charge in [-0.25, -0.2) is 4.39 Å². The Morgan fingerprint density at radius 3 is 2.65 bits per heavy atom. The summed E-state index contributed by atoms with van der Waals surface area (Å²) < 4.78 is 19.1. The van der Waals surface area contributed by atoms with Crippen LogP contribution in [0.1, 0.15) is 41.9 Å². The molecule has 2 aromatic carbocycles. The lowest BCUT2D eigenvalue weighted by molar-refractivity contribution is -0.132. The second-order valence-electron chi connectivity index (χ2n) is 8.26. The molecule has 2 amide bonds. The van der Waals surface area contributed by atoms with Crippen LogP contribution < -0.4 is 5.32 Å². The van der Waals surface area contributed by atoms with Crippen LogP contribution in [-0.2, 0) is 17.8 Å². The number of hydrogen-bond donors (Lipinski definition) is 1. The van der Waals surface area contributed by atoms with Gasteiger partial charge >= 0.3 is 0 Å². The van der Waals surface area contributed by atoms with Crippen LogP contribution in [0.4, 0.5) is 10.1 Å². The van der Waals surface area contributed by atoms with Crippen LogP contribution in [0.3, 0.4) is 0 Å². The first-order chi connectivity index (χ1) is 14.9. The predicted octanol–water partition coefficient (Wildman–Crippen LogP) is 5.27. The maximum absolute atomic E-state index is 13.1. The van der Waals surface area contributed by atoms with Crippen LogP contribution in [0, 0.1) is 11.7 Å². The number of nitrogens with zero attached hydrogens (tertiary/aromatic N) is 1. The van der Waals surface area contributed by atoms with E-state index >= 15 is 0 Å². The lowest BCUT2D eigenvalue weighted by Crippen LogP contribution is -2.35. The van der Waals surface area contributed by atoms with E-state index in [1.807, 2.05) is 43.0 Å². The molecule has 160 valence electrons. The summed E-state index contributed by atoms with van der Waals surface area (Å²) in [6, 6.07) is 14.8. The summed E-state index contributed by atoms with van der Waals surface area (Å²) in [5.41, 5.74) is 2.87. The number of carbonyl (C=O) groups excluding carboxylic acids is 2. The maximum atomic E-state index is 13.1. The van der Waals surface area contributed by atoms with Gasteiger partial charge in [0.05, 0.1) is 0 Å². The van der Waals surface area contributed by atoms with Gasteiger partial charge in [-0.3, -0.25) is 9.59 Å². The summed E-state index contributed by atoms with van der Waals surface area (Å²) in [4.78, 5) is 26.7. The summed E-state index contributed by atoms with van der Waals surface area (Å²) in [6.45, 7) is 5.32. The van der Waals surface area contributed by atoms with Gasteiger partial charge in [0.15, 0.2) is 0 Å². The molecule has 4 rings (SSSR count). The molecular weight excluding hydrogens is 395 g/mol. The zero-order valence-corrected chi connectivity index (χ0v) is 17.7. The van der Waals surface area contributed by atoms with Crippen LogP contribution in [0.2, 0.25) is 0 Å². The molecule has 1 N–H and O–H groups in total. The van der Waals surface area contributed by atoms with Crippen molar-refractivity contribution in [2.24, 2.45) is 5.92 Å². The molecule has 31 heavy (non-hydrogen) atoms. The Labute approximate surface area is 180 Å². The van der Waals surface area contributed by atoms with E-state index in [0.29, 0.717) is 48.9 Å². The second-order valence-corrected chi connectivity index (χ2v) is 8.26. The predicted molar refractivity (Wildman–Crippen MR) is 117 cm³/mol. The fourth-order valence-electron chi connectivity index (χ4n) is 3.72. The molecular formula is C25H25FN2O3. The van der Waals surface area contributed by atoms with Crippen LogP contribution in [0.5, 0.6) is 0 Å². The van der Waals surface area contributed by atoms with Gasteiger partial charge in [0.25, 0.3) is 5.91 Å². The summed E-state index contributed by atoms with van der Waals surface area (Å²) in [5.74, 6) is 1.43. The number of hydrogen-bond acceptors (Lipinski definition) is 3. The lowest BCUT2D eigenvalue weighted by Gasteiger charge is -2.26. The summed E-state index contributed by atoms with van der Waals surface area (Å²) in [5, 5.41) is 2.83. The number of benzene rings is 2. The first-order valence-corrected chi connectivity index (χ1v) is 10.5. The van der Waals surface area contributed by atoms with E-state index in [1.54, 1.807) is 6.07 Å². The Balaban J connectivity index is 1.49. The highest BCUT2D eigenvalue weighted by Crippen LogP contribution is 2.31. The van der Waals surface area contributed by atoms with Crippen molar-refractivity contribution in [3.63, 3.8) is 0 Å². The van der Waals surface area contributed by atoms with Gasteiger partial charge in [-0.1, -0.05) is 26.0 Å². The average Bonchev–Trinajstić information content (AvgIpc) is 3.17. The van der Waals surface area contributed by atoms with Crippen LogP contribution >= 0.6 is 0 Å². The molecule has 6 heteroatoms. The third-order valence-electron chi connectivity index (χ3n) is 5.31. The van der Waals surface area contributed by atoms with E-state index in [4.69, 9.17) is 4.42 Å². The van der Waals surface area contributed by atoms with Gasteiger partial charge in [0.2, 0.25) is 5.91 Å². The van der Waals surface area contributed by atoms with E-state index in [9.17, 15) is 14.0 Å². The molecule has 3 aromatic rings. The molecule has 2 heterocycles. The number of nitrogens with one attached hydrogen (secondary N) is 1. The Kier molecular flexibility index (Phi) is 5.89. The smallest absolute Gasteiger partial charge is 0.255 e. The molecule has 1 aliphatic heterocycles. The van der Waals surface area contributed by atoms with Crippen molar-refractivity contribution in [2.45, 2.75) is 33.2 Å². The summed E-state index contributed by atoms with van der Waals surface area (Å²) in [7, 11) is 0. The van der Waals surface area contributed by atoms with Gasteiger partial charge in [-0.2, -0.15) is 0 Å². The highest BCUT2D eigenvalue weighted by Gasteiger charge is 2.24. The topological polar surface area (TPSA) is 62.6 Å². The van der Waals surface area contributed by atoms with Gasteiger partial charge in [-0.15, -0.1) is 0 Å². The number of halogens is 1. The number of furan rings is 1. The minimum Gasteiger partial charge on any atom is -0.461 e. The van der Waals surface area contributed by atoms with Gasteiger partial charge < -0.3 is 14.6 Å². The molecule has 0 radical (unpaired) electrons. The van der Waals surface area contributed by atoms with E-state index in [1.165, 1.54) is 24.3 Å². The van der Waals surface area contributed by atoms with Crippen molar-refractivity contribution in [1.29, 1.82) is 0 Å². The Morgan fingerprint density at radius 1 is 1.13 bits per heavy atom. The molecule has 0 aliphatic carbocycles. The van der Waals surface area contributed by atoms with Crippen LogP contribution in [0.25, 0.3) is 11.3 Å². The highest BCUT2D eigenvalue weighted by atomic mass is 19.1. The number of rotatable bonds is 5. The standard InChI is InChI=1S/C25H25FN2O3/c1-16(2)12-24(29)28-11-10-22-19(15-28)14-23(31-22)18-4-3-5-21(13-18)27-25(30)17-6-8-20(26)9-7-17/h3-9,13-14,16H,10-12,15H2,1-2H3,(H,27,30). The summed E-state index contributed by atoms with van der Waals surface area (Å²) >= 11 is 0. The fraction of sp³-hybridized carbons (Fsp3) is 0.280. The molecule has 0 saturated carbocycles. The van der Waals surface area contributed by atoms with Crippen molar-refractivity contribution >= 4 is 17.5 Å². The molecule has 0 atom stereocenters. The Morgan fingerprint density at radius 2 is 1.90 bits per heavy atom. The molecule has 0 spiro atoms. The second kappa shape index (κ2) is 8.76. The normalized spacial score (nSPS) is 13.2. The van der Waals surface area contributed by atoms with Crippen LogP contribution in [-0.4, -0.2) is 23.3 Å². The molecule has 0 bridgehead atoms. The number of fused-ring (bicyclic) bond motifs is 1. The monoisotopic (exact) mass is 420 g/mol. The Hall–Kier alpha value is -3.41. The van der Waals surface area contributed by atoms with Crippen LogP contribution in [0.15, 0.2) is 59.0 Å². The summed E-state index contributed by atoms with van der Waals surface area (Å²) in [6.07, 6.45) is 1.25. The minimum absolute atomic E-state index is 0.175. The van der Waals surface area contributed by atoms with Crippen molar-refractivity contribution in [3.05, 3.63) is 77.3 Å². The van der Waals surface area contributed by atoms with Crippen molar-refractivity contribution in [2.75, 3.05) is 11.9 Å². The molecule has 1 aromatic heterocycles. The van der Waals surface area contributed by atoms with E-state index < -0.39 is 0 Å². The zero-order valence-electron chi connectivity index (χ0n) is 17.7. The number of amides is 2. The van der Waals surface area contributed by atoms with Crippen molar-refractivity contribution in [3.8, 4) is 11.3 Å². The van der Waals surface area contributed by atoms with Crippen molar-refractivity contribution in [1.82, 2.24) is 4.90 Å².